The Morgan fingerprint density at radius 1 is 0.935 bits per heavy atom. The third kappa shape index (κ3) is 5.74. The topological polar surface area (TPSA) is 66.5 Å². The van der Waals surface area contributed by atoms with Gasteiger partial charge in [0.25, 0.3) is 0 Å². The Morgan fingerprint density at radius 2 is 1.55 bits per heavy atom. The molecule has 5 nitrogen and oxygen atoms in total. The van der Waals surface area contributed by atoms with E-state index < -0.39 is 39.0 Å². The highest BCUT2D eigenvalue weighted by Gasteiger charge is 2.29. The molecular formula is C23H22F2N2O3S. The van der Waals surface area contributed by atoms with Crippen LogP contribution in [0.1, 0.15) is 24.1 Å². The number of carbonyl (C=O) groups is 1. The Bertz CT molecular complexity index is 1140. The van der Waals surface area contributed by atoms with Gasteiger partial charge in [0.05, 0.1) is 12.6 Å². The molecule has 3 rings (SSSR count). The number of carbonyl (C=O) groups excluding carboxylic acids is 1. The van der Waals surface area contributed by atoms with Crippen LogP contribution in [0, 0.1) is 11.6 Å². The molecule has 162 valence electrons. The second kappa shape index (κ2) is 9.80. The summed E-state index contributed by atoms with van der Waals surface area (Å²) in [6, 6.07) is 19.1. The summed E-state index contributed by atoms with van der Waals surface area (Å²) < 4.78 is 54.7. The first-order valence-electron chi connectivity index (χ1n) is 9.61. The van der Waals surface area contributed by atoms with Crippen molar-refractivity contribution in [3.05, 3.63) is 102 Å². The molecule has 1 N–H and O–H groups in total. The Kier molecular flexibility index (Phi) is 7.14. The normalized spacial score (nSPS) is 12.5. The first-order chi connectivity index (χ1) is 14.8. The minimum atomic E-state index is -4.33. The van der Waals surface area contributed by atoms with E-state index in [0.29, 0.717) is 5.56 Å². The van der Waals surface area contributed by atoms with E-state index in [-0.39, 0.29) is 12.6 Å². The van der Waals surface area contributed by atoms with Gasteiger partial charge in [0, 0.05) is 6.54 Å². The molecule has 0 saturated heterocycles. The molecule has 0 aliphatic carbocycles. The molecule has 3 aromatic carbocycles. The second-order valence-corrected chi connectivity index (χ2v) is 8.94. The van der Waals surface area contributed by atoms with Crippen LogP contribution in [-0.4, -0.2) is 25.2 Å². The number of hydrogen-bond acceptors (Lipinski definition) is 3. The Morgan fingerprint density at radius 3 is 2.19 bits per heavy atom. The smallest absolute Gasteiger partial charge is 0.246 e. The summed E-state index contributed by atoms with van der Waals surface area (Å²) in [4.78, 5) is 12.1. The van der Waals surface area contributed by atoms with Crippen molar-refractivity contribution in [1.82, 2.24) is 9.62 Å². The van der Waals surface area contributed by atoms with Gasteiger partial charge in [-0.15, -0.1) is 0 Å². The maximum Gasteiger partial charge on any atom is 0.246 e. The van der Waals surface area contributed by atoms with E-state index in [0.717, 1.165) is 22.0 Å². The fourth-order valence-electron chi connectivity index (χ4n) is 3.08. The van der Waals surface area contributed by atoms with Gasteiger partial charge in [-0.1, -0.05) is 54.6 Å². The number of nitrogens with one attached hydrogen (secondary N) is 1. The van der Waals surface area contributed by atoms with Crippen molar-refractivity contribution in [3.8, 4) is 0 Å². The Hall–Kier alpha value is -3.10. The summed E-state index contributed by atoms with van der Waals surface area (Å²) in [7, 11) is -4.33. The molecule has 0 saturated carbocycles. The zero-order valence-electron chi connectivity index (χ0n) is 16.8. The lowest BCUT2D eigenvalue weighted by Crippen LogP contribution is -2.41. The molecular weight excluding hydrogens is 422 g/mol. The second-order valence-electron chi connectivity index (χ2n) is 7.03. The maximum atomic E-state index is 14.3. The van der Waals surface area contributed by atoms with Crippen molar-refractivity contribution in [2.75, 3.05) is 6.54 Å². The molecule has 0 aliphatic heterocycles. The minimum absolute atomic E-state index is 0.218. The van der Waals surface area contributed by atoms with Crippen LogP contribution in [0.2, 0.25) is 0 Å². The lowest BCUT2D eigenvalue weighted by atomic mass is 10.1. The highest BCUT2D eigenvalue weighted by atomic mass is 32.2. The van der Waals surface area contributed by atoms with E-state index in [1.165, 1.54) is 36.4 Å². The summed E-state index contributed by atoms with van der Waals surface area (Å²) in [5.74, 6) is -1.93. The summed E-state index contributed by atoms with van der Waals surface area (Å²) in [6.45, 7) is 1.04. The summed E-state index contributed by atoms with van der Waals surface area (Å²) in [6.07, 6.45) is 0. The molecule has 3 aromatic rings. The summed E-state index contributed by atoms with van der Waals surface area (Å²) in [5, 5.41) is 2.76. The van der Waals surface area contributed by atoms with Gasteiger partial charge in [0.1, 0.15) is 16.5 Å². The number of sulfonamides is 1. The van der Waals surface area contributed by atoms with Crippen LogP contribution >= 0.6 is 0 Å². The van der Waals surface area contributed by atoms with Gasteiger partial charge in [-0.2, -0.15) is 4.31 Å². The average molecular weight is 445 g/mol. The first-order valence-corrected chi connectivity index (χ1v) is 11.0. The van der Waals surface area contributed by atoms with Gasteiger partial charge < -0.3 is 5.32 Å². The van der Waals surface area contributed by atoms with Gasteiger partial charge in [-0.25, -0.2) is 17.2 Å². The molecule has 1 unspecified atom stereocenters. The fraction of sp³-hybridized carbons (Fsp3) is 0.174. The van der Waals surface area contributed by atoms with Gasteiger partial charge >= 0.3 is 0 Å². The monoisotopic (exact) mass is 444 g/mol. The van der Waals surface area contributed by atoms with Gasteiger partial charge in [-0.05, 0) is 42.3 Å². The van der Waals surface area contributed by atoms with E-state index >= 15 is 0 Å². The summed E-state index contributed by atoms with van der Waals surface area (Å²) >= 11 is 0. The minimum Gasteiger partial charge on any atom is -0.348 e. The molecule has 0 aliphatic rings. The van der Waals surface area contributed by atoms with Crippen molar-refractivity contribution in [1.29, 1.82) is 0 Å². The molecule has 0 radical (unpaired) electrons. The van der Waals surface area contributed by atoms with Crippen molar-refractivity contribution in [2.45, 2.75) is 24.4 Å². The van der Waals surface area contributed by atoms with Crippen molar-refractivity contribution in [2.24, 2.45) is 0 Å². The van der Waals surface area contributed by atoms with E-state index in [2.05, 4.69) is 5.32 Å². The lowest BCUT2D eigenvalue weighted by Gasteiger charge is -2.23. The molecule has 31 heavy (non-hydrogen) atoms. The average Bonchev–Trinajstić information content (AvgIpc) is 2.75. The number of rotatable bonds is 8. The molecule has 0 aromatic heterocycles. The van der Waals surface area contributed by atoms with Crippen molar-refractivity contribution in [3.63, 3.8) is 0 Å². The predicted molar refractivity (Wildman–Crippen MR) is 113 cm³/mol. The first kappa shape index (κ1) is 22.6. The van der Waals surface area contributed by atoms with E-state index in [1.807, 2.05) is 30.3 Å². The van der Waals surface area contributed by atoms with E-state index in [9.17, 15) is 22.0 Å². The van der Waals surface area contributed by atoms with Crippen molar-refractivity contribution >= 4 is 15.9 Å². The quantitative estimate of drug-likeness (QED) is 0.570. The van der Waals surface area contributed by atoms with Crippen molar-refractivity contribution < 1.29 is 22.0 Å². The molecule has 0 bridgehead atoms. The highest BCUT2D eigenvalue weighted by Crippen LogP contribution is 2.21. The number of benzene rings is 3. The van der Waals surface area contributed by atoms with Crippen LogP contribution in [0.3, 0.4) is 0 Å². The van der Waals surface area contributed by atoms with Gasteiger partial charge in [0.15, 0.2) is 0 Å². The number of amides is 1. The largest absolute Gasteiger partial charge is 0.348 e. The summed E-state index contributed by atoms with van der Waals surface area (Å²) in [5.41, 5.74) is 1.32. The zero-order valence-corrected chi connectivity index (χ0v) is 17.6. The predicted octanol–water partition coefficient (Wildman–Crippen LogP) is 4.03. The SMILES string of the molecule is CC(NC(=O)CN(Cc1ccc(F)cc1)S(=O)(=O)c1ccccc1F)c1ccccc1. The molecule has 0 heterocycles. The zero-order chi connectivity index (χ0) is 22.4. The number of nitrogens with zero attached hydrogens (tertiary/aromatic N) is 1. The van der Waals surface area contributed by atoms with Crippen LogP contribution in [0.15, 0.2) is 83.8 Å². The van der Waals surface area contributed by atoms with Gasteiger partial charge in [-0.3, -0.25) is 4.79 Å². The number of hydrogen-bond donors (Lipinski definition) is 1. The lowest BCUT2D eigenvalue weighted by molar-refractivity contribution is -0.122. The highest BCUT2D eigenvalue weighted by molar-refractivity contribution is 7.89. The van der Waals surface area contributed by atoms with Crippen LogP contribution in [0.25, 0.3) is 0 Å². The molecule has 1 atom stereocenters. The molecule has 0 fully saturated rings. The van der Waals surface area contributed by atoms with Crippen LogP contribution < -0.4 is 5.32 Å². The van der Waals surface area contributed by atoms with Crippen LogP contribution in [0.5, 0.6) is 0 Å². The van der Waals surface area contributed by atoms with Crippen LogP contribution in [-0.2, 0) is 21.4 Å². The fourth-order valence-corrected chi connectivity index (χ4v) is 4.53. The third-order valence-corrected chi connectivity index (χ3v) is 6.55. The van der Waals surface area contributed by atoms with E-state index in [4.69, 9.17) is 0 Å². The molecule has 0 spiro atoms. The molecule has 1 amide bonds. The Balaban J connectivity index is 1.85. The maximum absolute atomic E-state index is 14.3. The van der Waals surface area contributed by atoms with E-state index in [1.54, 1.807) is 6.92 Å². The number of halogens is 2. The van der Waals surface area contributed by atoms with Gasteiger partial charge in [0.2, 0.25) is 15.9 Å². The third-order valence-electron chi connectivity index (χ3n) is 4.72. The molecule has 8 heteroatoms. The standard InChI is InChI=1S/C23H22F2N2O3S/c1-17(19-7-3-2-4-8-19)26-23(28)16-27(15-18-11-13-20(24)14-12-18)31(29,30)22-10-6-5-9-21(22)25/h2-14,17H,15-16H2,1H3,(H,26,28). The Labute approximate surface area is 180 Å². The van der Waals surface area contributed by atoms with Crippen LogP contribution in [0.4, 0.5) is 8.78 Å².